The lowest BCUT2D eigenvalue weighted by Gasteiger charge is -2.38. The largest absolute Gasteiger partial charge is 0.398 e. The minimum Gasteiger partial charge on any atom is -0.398 e. The summed E-state index contributed by atoms with van der Waals surface area (Å²) >= 11 is 0. The Morgan fingerprint density at radius 3 is 2.76 bits per heavy atom. The Labute approximate surface area is 169 Å². The minimum absolute atomic E-state index is 0.0574. The molecule has 0 spiro atoms. The third-order valence-electron chi connectivity index (χ3n) is 5.48. The second-order valence-electron chi connectivity index (χ2n) is 7.60. The molecule has 9 heteroatoms. The molecule has 1 aliphatic rings. The summed E-state index contributed by atoms with van der Waals surface area (Å²) in [7, 11) is 0. The average Bonchev–Trinajstić information content (AvgIpc) is 2.74. The number of amides is 2. The van der Waals surface area contributed by atoms with E-state index < -0.39 is 5.41 Å². The van der Waals surface area contributed by atoms with E-state index in [0.717, 1.165) is 18.4 Å². The summed E-state index contributed by atoms with van der Waals surface area (Å²) in [5.41, 5.74) is 12.5. The predicted molar refractivity (Wildman–Crippen MR) is 108 cm³/mol. The van der Waals surface area contributed by atoms with Crippen LogP contribution in [0.5, 0.6) is 0 Å². The molecule has 29 heavy (non-hydrogen) atoms. The van der Waals surface area contributed by atoms with Gasteiger partial charge in [-0.25, -0.2) is 15.0 Å². The number of hydrogen-bond acceptors (Lipinski definition) is 7. The molecule has 0 bridgehead atoms. The van der Waals surface area contributed by atoms with Crippen LogP contribution in [-0.2, 0) is 9.59 Å². The fourth-order valence-corrected chi connectivity index (χ4v) is 3.66. The van der Waals surface area contributed by atoms with Crippen molar-refractivity contribution in [1.82, 2.24) is 20.5 Å². The summed E-state index contributed by atoms with van der Waals surface area (Å²) in [5.74, 6) is 0.414. The van der Waals surface area contributed by atoms with Crippen molar-refractivity contribution in [2.45, 2.75) is 32.6 Å². The van der Waals surface area contributed by atoms with Gasteiger partial charge in [0.15, 0.2) is 0 Å². The first kappa shape index (κ1) is 20.5. The van der Waals surface area contributed by atoms with Crippen LogP contribution < -0.4 is 16.6 Å². The molecular weight excluding hydrogens is 372 g/mol. The van der Waals surface area contributed by atoms with Gasteiger partial charge in [-0.3, -0.25) is 25.6 Å². The van der Waals surface area contributed by atoms with Crippen LogP contribution in [0.2, 0.25) is 0 Å². The van der Waals surface area contributed by atoms with E-state index in [0.29, 0.717) is 41.6 Å². The highest BCUT2D eigenvalue weighted by Gasteiger charge is 2.42. The Balaban J connectivity index is 1.72. The van der Waals surface area contributed by atoms with Crippen LogP contribution in [0, 0.1) is 11.3 Å². The number of rotatable bonds is 7. The van der Waals surface area contributed by atoms with Crippen LogP contribution in [-0.4, -0.2) is 39.1 Å². The molecule has 1 saturated carbocycles. The van der Waals surface area contributed by atoms with Gasteiger partial charge in [-0.1, -0.05) is 25.1 Å². The van der Waals surface area contributed by atoms with Gasteiger partial charge in [0, 0.05) is 17.4 Å². The summed E-state index contributed by atoms with van der Waals surface area (Å²) in [6, 6.07) is 9.08. The van der Waals surface area contributed by atoms with Gasteiger partial charge in [-0.2, -0.15) is 0 Å². The molecule has 1 aliphatic carbocycles. The second kappa shape index (κ2) is 8.87. The van der Waals surface area contributed by atoms with Crippen LogP contribution in [0.3, 0.4) is 0 Å². The van der Waals surface area contributed by atoms with Gasteiger partial charge < -0.3 is 5.73 Å². The monoisotopic (exact) mass is 398 g/mol. The van der Waals surface area contributed by atoms with E-state index in [1.165, 1.54) is 0 Å². The van der Waals surface area contributed by atoms with Gasteiger partial charge in [0.25, 0.3) is 0 Å². The molecule has 3 rings (SSSR count). The van der Waals surface area contributed by atoms with Crippen LogP contribution in [0.1, 0.15) is 32.6 Å². The minimum atomic E-state index is -0.864. The zero-order valence-electron chi connectivity index (χ0n) is 16.3. The number of nitrogens with one attached hydrogen (secondary N) is 2. The SMILES string of the molecule is CC1CCC(CN(O)C=O)(C(=O)NNc2nccc(-c3ccccc3N)n2)CC1. The number of benzene rings is 1. The molecule has 2 aromatic rings. The maximum absolute atomic E-state index is 13.0. The lowest BCUT2D eigenvalue weighted by Crippen LogP contribution is -2.51. The smallest absolute Gasteiger partial charge is 0.246 e. The zero-order valence-corrected chi connectivity index (χ0v) is 16.3. The zero-order chi connectivity index (χ0) is 20.9. The number of nitrogens with zero attached hydrogens (tertiary/aromatic N) is 3. The molecule has 5 N–H and O–H groups in total. The maximum Gasteiger partial charge on any atom is 0.246 e. The summed E-state index contributed by atoms with van der Waals surface area (Å²) in [5, 5.41) is 10.2. The molecule has 1 aromatic carbocycles. The van der Waals surface area contributed by atoms with Crippen molar-refractivity contribution in [2.24, 2.45) is 11.3 Å². The van der Waals surface area contributed by atoms with Crippen molar-refractivity contribution in [1.29, 1.82) is 0 Å². The molecule has 1 aromatic heterocycles. The van der Waals surface area contributed by atoms with Crippen molar-refractivity contribution in [3.63, 3.8) is 0 Å². The Morgan fingerprint density at radius 2 is 2.07 bits per heavy atom. The second-order valence-corrected chi connectivity index (χ2v) is 7.60. The highest BCUT2D eigenvalue weighted by Crippen LogP contribution is 2.39. The lowest BCUT2D eigenvalue weighted by molar-refractivity contribution is -0.163. The summed E-state index contributed by atoms with van der Waals surface area (Å²) in [6.45, 7) is 2.07. The third kappa shape index (κ3) is 4.80. The summed E-state index contributed by atoms with van der Waals surface area (Å²) in [6.07, 6.45) is 4.74. The molecule has 0 atom stereocenters. The van der Waals surface area contributed by atoms with Gasteiger partial charge in [0.05, 0.1) is 17.7 Å². The number of hydroxylamine groups is 2. The summed E-state index contributed by atoms with van der Waals surface area (Å²) in [4.78, 5) is 32.4. The maximum atomic E-state index is 13.0. The van der Waals surface area contributed by atoms with E-state index in [-0.39, 0.29) is 18.4 Å². The number of anilines is 2. The molecule has 0 saturated heterocycles. The quantitative estimate of drug-likeness (QED) is 0.243. The molecule has 9 nitrogen and oxygen atoms in total. The third-order valence-corrected chi connectivity index (χ3v) is 5.48. The van der Waals surface area contributed by atoms with Gasteiger partial charge in [0.2, 0.25) is 18.3 Å². The Kier molecular flexibility index (Phi) is 6.28. The van der Waals surface area contributed by atoms with Crippen LogP contribution in [0.25, 0.3) is 11.3 Å². The number of aromatic nitrogens is 2. The fourth-order valence-electron chi connectivity index (χ4n) is 3.66. The average molecular weight is 398 g/mol. The number of nitrogen functional groups attached to an aromatic ring is 1. The van der Waals surface area contributed by atoms with E-state index in [2.05, 4.69) is 27.7 Å². The molecule has 154 valence electrons. The van der Waals surface area contributed by atoms with Gasteiger partial charge in [-0.05, 0) is 43.7 Å². The highest BCUT2D eigenvalue weighted by atomic mass is 16.5. The normalized spacial score (nSPS) is 21.2. The number of hydrazine groups is 1. The first-order chi connectivity index (χ1) is 13.9. The van der Waals surface area contributed by atoms with Gasteiger partial charge in [-0.15, -0.1) is 0 Å². The molecule has 2 amide bonds. The Hall–Kier alpha value is -3.20. The van der Waals surface area contributed by atoms with Crippen molar-refractivity contribution >= 4 is 24.0 Å². The number of carbonyl (C=O) groups is 2. The Morgan fingerprint density at radius 1 is 1.34 bits per heavy atom. The van der Waals surface area contributed by atoms with Crippen LogP contribution in [0.15, 0.2) is 36.5 Å². The lowest BCUT2D eigenvalue weighted by atomic mass is 9.70. The van der Waals surface area contributed by atoms with E-state index in [1.807, 2.05) is 18.2 Å². The standard InChI is InChI=1S/C20H26N6O3/c1-14-6-9-20(10-7-14,12-26(29)13-27)18(28)24-25-19-22-11-8-17(23-19)15-4-2-3-5-16(15)21/h2-5,8,11,13-14,29H,6-7,9-10,12,21H2,1H3,(H,24,28)(H,22,23,25). The highest BCUT2D eigenvalue weighted by molar-refractivity contribution is 5.84. The number of carbonyl (C=O) groups excluding carboxylic acids is 2. The molecule has 1 heterocycles. The van der Waals surface area contributed by atoms with Crippen molar-refractivity contribution in [2.75, 3.05) is 17.7 Å². The van der Waals surface area contributed by atoms with E-state index in [1.54, 1.807) is 18.3 Å². The van der Waals surface area contributed by atoms with Crippen molar-refractivity contribution in [3.8, 4) is 11.3 Å². The molecule has 0 unspecified atom stereocenters. The van der Waals surface area contributed by atoms with Gasteiger partial charge >= 0.3 is 0 Å². The van der Waals surface area contributed by atoms with E-state index >= 15 is 0 Å². The Bertz CT molecular complexity index is 867. The predicted octanol–water partition coefficient (Wildman–Crippen LogP) is 2.21. The van der Waals surface area contributed by atoms with E-state index in [4.69, 9.17) is 5.73 Å². The van der Waals surface area contributed by atoms with Crippen molar-refractivity contribution in [3.05, 3.63) is 36.5 Å². The number of nitrogens with two attached hydrogens (primary N) is 1. The van der Waals surface area contributed by atoms with E-state index in [9.17, 15) is 14.8 Å². The first-order valence-electron chi connectivity index (χ1n) is 9.59. The fraction of sp³-hybridized carbons (Fsp3) is 0.400. The molecule has 1 fully saturated rings. The number of hydrogen-bond donors (Lipinski definition) is 4. The topological polar surface area (TPSA) is 133 Å². The molecular formula is C20H26N6O3. The first-order valence-corrected chi connectivity index (χ1v) is 9.59. The van der Waals surface area contributed by atoms with Gasteiger partial charge in [0.1, 0.15) is 0 Å². The van der Waals surface area contributed by atoms with Crippen LogP contribution >= 0.6 is 0 Å². The van der Waals surface area contributed by atoms with Crippen LogP contribution in [0.4, 0.5) is 11.6 Å². The molecule has 0 radical (unpaired) electrons. The van der Waals surface area contributed by atoms with Crippen molar-refractivity contribution < 1.29 is 14.8 Å². The molecule has 0 aliphatic heterocycles. The summed E-state index contributed by atoms with van der Waals surface area (Å²) < 4.78 is 0. The number of para-hydroxylation sites is 1.